The summed E-state index contributed by atoms with van der Waals surface area (Å²) in [5, 5.41) is 9.61. The van der Waals surface area contributed by atoms with Gasteiger partial charge in [-0.15, -0.1) is 0 Å². The highest BCUT2D eigenvalue weighted by Crippen LogP contribution is 2.34. The third-order valence-electron chi connectivity index (χ3n) is 4.10. The second-order valence-electron chi connectivity index (χ2n) is 6.01. The molecular weight excluding hydrogens is 363 g/mol. The Balaban J connectivity index is 1.83. The quantitative estimate of drug-likeness (QED) is 0.821. The van der Waals surface area contributed by atoms with Crippen molar-refractivity contribution < 1.29 is 22.1 Å². The summed E-state index contributed by atoms with van der Waals surface area (Å²) in [6.07, 6.45) is -2.16. The molecule has 0 saturated carbocycles. The zero-order valence-corrected chi connectivity index (χ0v) is 14.6. The number of likely N-dealkylation sites (tertiary alicyclic amines) is 1. The number of carbonyl (C=O) groups is 1. The van der Waals surface area contributed by atoms with Crippen LogP contribution in [0, 0.1) is 6.92 Å². The van der Waals surface area contributed by atoms with E-state index >= 15 is 0 Å². The standard InChI is InChI=1S/C16H20F3N7O/c1-4-20-13-10(16(17,18)19)7-21-15(23-13)22-11-8-26(24-9(11)2)12-5-6-25(3)14(12)27/h7-8,12H,4-6H2,1-3H3,(H2,20,21,22,23)/i3D3. The van der Waals surface area contributed by atoms with E-state index < -0.39 is 30.7 Å². The summed E-state index contributed by atoms with van der Waals surface area (Å²) >= 11 is 0. The third-order valence-corrected chi connectivity index (χ3v) is 4.10. The third kappa shape index (κ3) is 3.81. The van der Waals surface area contributed by atoms with Crippen LogP contribution < -0.4 is 10.6 Å². The number of aryl methyl sites for hydroxylation is 1. The van der Waals surface area contributed by atoms with Crippen LogP contribution in [0.1, 0.15) is 34.8 Å². The first-order chi connectivity index (χ1) is 13.9. The van der Waals surface area contributed by atoms with Crippen LogP contribution >= 0.6 is 0 Å². The van der Waals surface area contributed by atoms with E-state index in [1.54, 1.807) is 13.8 Å². The molecule has 11 heteroatoms. The highest BCUT2D eigenvalue weighted by Gasteiger charge is 2.35. The minimum absolute atomic E-state index is 0.0791. The first-order valence-corrected chi connectivity index (χ1v) is 8.24. The molecule has 1 amide bonds. The lowest BCUT2D eigenvalue weighted by Gasteiger charge is -2.13. The van der Waals surface area contributed by atoms with Crippen molar-refractivity contribution in [2.24, 2.45) is 0 Å². The molecule has 1 atom stereocenters. The van der Waals surface area contributed by atoms with E-state index in [0.717, 1.165) is 4.90 Å². The predicted octanol–water partition coefficient (Wildman–Crippen LogP) is 2.58. The van der Waals surface area contributed by atoms with Gasteiger partial charge in [0.05, 0.1) is 11.4 Å². The Labute approximate surface area is 158 Å². The van der Waals surface area contributed by atoms with Crippen LogP contribution in [0.25, 0.3) is 0 Å². The van der Waals surface area contributed by atoms with Gasteiger partial charge in [0, 0.05) is 36.6 Å². The van der Waals surface area contributed by atoms with Gasteiger partial charge in [0.1, 0.15) is 17.4 Å². The smallest absolute Gasteiger partial charge is 0.370 e. The van der Waals surface area contributed by atoms with Gasteiger partial charge in [-0.05, 0) is 20.3 Å². The zero-order chi connectivity index (χ0) is 22.3. The van der Waals surface area contributed by atoms with E-state index in [1.165, 1.54) is 10.9 Å². The minimum Gasteiger partial charge on any atom is -0.370 e. The molecule has 1 fully saturated rings. The maximum Gasteiger partial charge on any atom is 0.421 e. The molecule has 0 aromatic carbocycles. The fourth-order valence-corrected chi connectivity index (χ4v) is 2.75. The molecule has 3 heterocycles. The second kappa shape index (κ2) is 7.05. The highest BCUT2D eigenvalue weighted by atomic mass is 19.4. The van der Waals surface area contributed by atoms with Gasteiger partial charge in [0.15, 0.2) is 0 Å². The van der Waals surface area contributed by atoms with Crippen molar-refractivity contribution in [1.29, 1.82) is 0 Å². The number of nitrogens with zero attached hydrogens (tertiary/aromatic N) is 5. The van der Waals surface area contributed by atoms with E-state index in [9.17, 15) is 18.0 Å². The summed E-state index contributed by atoms with van der Waals surface area (Å²) in [7, 11) is 0. The van der Waals surface area contributed by atoms with E-state index in [0.29, 0.717) is 17.6 Å². The maximum absolute atomic E-state index is 13.1. The van der Waals surface area contributed by atoms with Crippen molar-refractivity contribution in [3.8, 4) is 0 Å². The van der Waals surface area contributed by atoms with Gasteiger partial charge in [-0.2, -0.15) is 23.3 Å². The Morgan fingerprint density at radius 2 is 2.22 bits per heavy atom. The number of anilines is 3. The van der Waals surface area contributed by atoms with Gasteiger partial charge >= 0.3 is 6.18 Å². The number of halogens is 3. The average Bonchev–Trinajstić information content (AvgIpc) is 3.17. The van der Waals surface area contributed by atoms with Gasteiger partial charge < -0.3 is 15.5 Å². The Kier molecular flexibility index (Phi) is 3.97. The molecular formula is C16H20F3N7O. The predicted molar refractivity (Wildman–Crippen MR) is 92.7 cm³/mol. The minimum atomic E-state index is -4.60. The lowest BCUT2D eigenvalue weighted by molar-refractivity contribution is -0.137. The lowest BCUT2D eigenvalue weighted by atomic mass is 10.2. The Hall–Kier alpha value is -2.85. The molecule has 0 spiro atoms. The number of carbonyl (C=O) groups excluding carboxylic acids is 1. The van der Waals surface area contributed by atoms with E-state index in [1.807, 2.05) is 0 Å². The monoisotopic (exact) mass is 386 g/mol. The normalized spacial score (nSPS) is 19.6. The Morgan fingerprint density at radius 1 is 1.44 bits per heavy atom. The van der Waals surface area contributed by atoms with Crippen LogP contribution in [0.3, 0.4) is 0 Å². The van der Waals surface area contributed by atoms with Gasteiger partial charge in [0.25, 0.3) is 0 Å². The van der Waals surface area contributed by atoms with Crippen molar-refractivity contribution in [1.82, 2.24) is 24.6 Å². The number of aromatic nitrogens is 4. The van der Waals surface area contributed by atoms with E-state index in [-0.39, 0.29) is 31.3 Å². The summed E-state index contributed by atoms with van der Waals surface area (Å²) in [4.78, 5) is 20.9. The van der Waals surface area contributed by atoms with Gasteiger partial charge in [0.2, 0.25) is 11.9 Å². The summed E-state index contributed by atoms with van der Waals surface area (Å²) in [6.45, 7) is 1.07. The second-order valence-corrected chi connectivity index (χ2v) is 6.01. The number of alkyl halides is 3. The van der Waals surface area contributed by atoms with Gasteiger partial charge in [-0.3, -0.25) is 9.48 Å². The van der Waals surface area contributed by atoms with Crippen LogP contribution in [0.2, 0.25) is 0 Å². The highest BCUT2D eigenvalue weighted by molar-refractivity contribution is 5.82. The summed E-state index contributed by atoms with van der Waals surface area (Å²) in [5.41, 5.74) is -0.149. The van der Waals surface area contributed by atoms with Crippen LogP contribution in [0.15, 0.2) is 12.4 Å². The molecule has 3 rings (SSSR count). The molecule has 0 bridgehead atoms. The summed E-state index contributed by atoms with van der Waals surface area (Å²) in [5.74, 6) is -1.00. The lowest BCUT2D eigenvalue weighted by Crippen LogP contribution is -2.24. The maximum atomic E-state index is 13.1. The van der Waals surface area contributed by atoms with E-state index in [2.05, 4.69) is 25.7 Å². The number of amides is 1. The molecule has 1 aliphatic rings. The molecule has 27 heavy (non-hydrogen) atoms. The molecule has 2 aromatic heterocycles. The average molecular weight is 386 g/mol. The van der Waals surface area contributed by atoms with Crippen molar-refractivity contribution in [3.63, 3.8) is 0 Å². The molecule has 2 N–H and O–H groups in total. The molecule has 1 saturated heterocycles. The zero-order valence-electron chi connectivity index (χ0n) is 17.6. The molecule has 8 nitrogen and oxygen atoms in total. The first-order valence-electron chi connectivity index (χ1n) is 9.74. The Bertz CT molecular complexity index is 945. The van der Waals surface area contributed by atoms with Gasteiger partial charge in [-0.25, -0.2) is 4.98 Å². The molecule has 0 radical (unpaired) electrons. The largest absolute Gasteiger partial charge is 0.421 e. The number of likely N-dealkylation sites (N-methyl/N-ethyl adjacent to an activating group) is 1. The molecule has 0 aliphatic carbocycles. The summed E-state index contributed by atoms with van der Waals surface area (Å²) < 4.78 is 62.9. The van der Waals surface area contributed by atoms with Gasteiger partial charge in [-0.1, -0.05) is 0 Å². The molecule has 2 aromatic rings. The number of rotatable bonds is 5. The van der Waals surface area contributed by atoms with Crippen LogP contribution in [-0.4, -0.2) is 50.6 Å². The SMILES string of the molecule is [2H]C([2H])([2H])N1CCC(n2cc(Nc3ncc(C(F)(F)F)c(NCC)n3)c(C)n2)C1=O. The topological polar surface area (TPSA) is 88.0 Å². The van der Waals surface area contributed by atoms with Crippen molar-refractivity contribution in [2.45, 2.75) is 32.5 Å². The molecule has 1 unspecified atom stereocenters. The molecule has 146 valence electrons. The van der Waals surface area contributed by atoms with Crippen molar-refractivity contribution >= 4 is 23.4 Å². The van der Waals surface area contributed by atoms with Crippen molar-refractivity contribution in [2.75, 3.05) is 30.7 Å². The van der Waals surface area contributed by atoms with E-state index in [4.69, 9.17) is 4.11 Å². The number of hydrogen-bond donors (Lipinski definition) is 2. The fourth-order valence-electron chi connectivity index (χ4n) is 2.75. The van der Waals surface area contributed by atoms with Crippen LogP contribution in [-0.2, 0) is 11.0 Å². The first kappa shape index (κ1) is 15.2. The number of hydrogen-bond acceptors (Lipinski definition) is 6. The Morgan fingerprint density at radius 3 is 2.85 bits per heavy atom. The van der Waals surface area contributed by atoms with Crippen LogP contribution in [0.4, 0.5) is 30.6 Å². The fraction of sp³-hybridized carbons (Fsp3) is 0.500. The number of nitrogens with one attached hydrogen (secondary N) is 2. The van der Waals surface area contributed by atoms with Crippen molar-refractivity contribution in [3.05, 3.63) is 23.7 Å². The molecule has 1 aliphatic heterocycles. The van der Waals surface area contributed by atoms with Crippen LogP contribution in [0.5, 0.6) is 0 Å². The summed E-state index contributed by atoms with van der Waals surface area (Å²) in [6, 6.07) is -0.773.